The molecular formula is C10H14ClN3. The number of hydrogen-bond donors (Lipinski definition) is 0. The highest BCUT2D eigenvalue weighted by Gasteiger charge is 2.32. The van der Waals surface area contributed by atoms with Crippen LogP contribution in [0.5, 0.6) is 0 Å². The van der Waals surface area contributed by atoms with E-state index in [-0.39, 0.29) is 0 Å². The fourth-order valence-corrected chi connectivity index (χ4v) is 2.12. The molecule has 0 aromatic carbocycles. The van der Waals surface area contributed by atoms with Gasteiger partial charge in [-0.1, -0.05) is 5.21 Å². The molecule has 1 aromatic rings. The molecule has 0 aliphatic heterocycles. The molecule has 1 aromatic heterocycles. The standard InChI is InChI=1S/C10H14ClN3/c11-5-9-10(8-3-4-8)14(13-12-9)6-7-1-2-7/h7-8H,1-6H2. The van der Waals surface area contributed by atoms with Crippen LogP contribution in [-0.4, -0.2) is 15.0 Å². The zero-order chi connectivity index (χ0) is 9.54. The van der Waals surface area contributed by atoms with Crippen molar-refractivity contribution in [2.75, 3.05) is 0 Å². The first-order valence-electron chi connectivity index (χ1n) is 5.36. The number of halogens is 1. The molecule has 14 heavy (non-hydrogen) atoms. The number of hydrogen-bond acceptors (Lipinski definition) is 2. The highest BCUT2D eigenvalue weighted by Crippen LogP contribution is 2.42. The molecule has 0 N–H and O–H groups in total. The van der Waals surface area contributed by atoms with E-state index in [9.17, 15) is 0 Å². The van der Waals surface area contributed by atoms with Gasteiger partial charge < -0.3 is 0 Å². The van der Waals surface area contributed by atoms with Crippen molar-refractivity contribution in [2.24, 2.45) is 5.92 Å². The predicted octanol–water partition coefficient (Wildman–Crippen LogP) is 2.30. The fraction of sp³-hybridized carbons (Fsp3) is 0.800. The van der Waals surface area contributed by atoms with E-state index in [1.807, 2.05) is 0 Å². The van der Waals surface area contributed by atoms with Crippen molar-refractivity contribution in [1.82, 2.24) is 15.0 Å². The Hall–Kier alpha value is -0.570. The number of alkyl halides is 1. The summed E-state index contributed by atoms with van der Waals surface area (Å²) in [6, 6.07) is 0. The normalized spacial score (nSPS) is 21.5. The summed E-state index contributed by atoms with van der Waals surface area (Å²) in [7, 11) is 0. The third-order valence-corrected chi connectivity index (χ3v) is 3.32. The van der Waals surface area contributed by atoms with Crippen molar-refractivity contribution in [2.45, 2.75) is 44.0 Å². The quantitative estimate of drug-likeness (QED) is 0.716. The minimum absolute atomic E-state index is 0.510. The summed E-state index contributed by atoms with van der Waals surface area (Å²) in [6.07, 6.45) is 5.31. The van der Waals surface area contributed by atoms with Gasteiger partial charge >= 0.3 is 0 Å². The SMILES string of the molecule is ClCc1nnn(CC2CC2)c1C1CC1. The Kier molecular flexibility index (Phi) is 2.01. The van der Waals surface area contributed by atoms with Crippen LogP contribution >= 0.6 is 11.6 Å². The van der Waals surface area contributed by atoms with Crippen molar-refractivity contribution in [3.63, 3.8) is 0 Å². The Labute approximate surface area is 88.4 Å². The molecule has 0 radical (unpaired) electrons. The van der Waals surface area contributed by atoms with Crippen LogP contribution in [0.4, 0.5) is 0 Å². The summed E-state index contributed by atoms with van der Waals surface area (Å²) in [5.41, 5.74) is 2.33. The average molecular weight is 212 g/mol. The van der Waals surface area contributed by atoms with Gasteiger partial charge in [-0.25, -0.2) is 4.68 Å². The molecule has 3 nitrogen and oxygen atoms in total. The summed E-state index contributed by atoms with van der Waals surface area (Å²) >= 11 is 5.85. The van der Waals surface area contributed by atoms with E-state index in [2.05, 4.69) is 15.0 Å². The van der Waals surface area contributed by atoms with Crippen LogP contribution in [0.3, 0.4) is 0 Å². The van der Waals surface area contributed by atoms with Crippen LogP contribution in [0.2, 0.25) is 0 Å². The molecule has 2 aliphatic rings. The summed E-state index contributed by atoms with van der Waals surface area (Å²) < 4.78 is 2.10. The largest absolute Gasteiger partial charge is 0.249 e. The van der Waals surface area contributed by atoms with Gasteiger partial charge in [0, 0.05) is 12.5 Å². The van der Waals surface area contributed by atoms with Gasteiger partial charge in [0.25, 0.3) is 0 Å². The van der Waals surface area contributed by atoms with E-state index in [0.29, 0.717) is 11.8 Å². The summed E-state index contributed by atoms with van der Waals surface area (Å²) in [4.78, 5) is 0. The first-order valence-corrected chi connectivity index (χ1v) is 5.90. The smallest absolute Gasteiger partial charge is 0.101 e. The molecule has 0 spiro atoms. The maximum absolute atomic E-state index is 5.85. The molecular weight excluding hydrogens is 198 g/mol. The van der Waals surface area contributed by atoms with Gasteiger partial charge in [-0.05, 0) is 31.6 Å². The lowest BCUT2D eigenvalue weighted by atomic mass is 10.2. The second-order valence-corrected chi connectivity index (χ2v) is 4.72. The molecule has 2 aliphatic carbocycles. The second-order valence-electron chi connectivity index (χ2n) is 4.45. The predicted molar refractivity (Wildman–Crippen MR) is 54.3 cm³/mol. The topological polar surface area (TPSA) is 30.7 Å². The highest BCUT2D eigenvalue weighted by atomic mass is 35.5. The van der Waals surface area contributed by atoms with E-state index in [1.54, 1.807) is 0 Å². The molecule has 0 amide bonds. The molecule has 2 saturated carbocycles. The van der Waals surface area contributed by atoms with Gasteiger partial charge in [-0.15, -0.1) is 16.7 Å². The van der Waals surface area contributed by atoms with Crippen molar-refractivity contribution in [3.8, 4) is 0 Å². The lowest BCUT2D eigenvalue weighted by molar-refractivity contribution is 0.524. The molecule has 0 bridgehead atoms. The fourth-order valence-electron chi connectivity index (χ4n) is 1.93. The monoisotopic (exact) mass is 211 g/mol. The van der Waals surface area contributed by atoms with Gasteiger partial charge in [0.1, 0.15) is 5.69 Å². The van der Waals surface area contributed by atoms with E-state index < -0.39 is 0 Å². The molecule has 3 rings (SSSR count). The molecule has 4 heteroatoms. The first kappa shape index (κ1) is 8.72. The van der Waals surface area contributed by atoms with E-state index in [4.69, 9.17) is 11.6 Å². The maximum atomic E-state index is 5.85. The molecule has 76 valence electrons. The minimum Gasteiger partial charge on any atom is -0.249 e. The summed E-state index contributed by atoms with van der Waals surface area (Å²) in [6.45, 7) is 1.07. The number of aromatic nitrogens is 3. The minimum atomic E-state index is 0.510. The third kappa shape index (κ3) is 1.54. The maximum Gasteiger partial charge on any atom is 0.101 e. The highest BCUT2D eigenvalue weighted by molar-refractivity contribution is 6.16. The lowest BCUT2D eigenvalue weighted by Gasteiger charge is -2.04. The third-order valence-electron chi connectivity index (χ3n) is 3.07. The Balaban J connectivity index is 1.88. The van der Waals surface area contributed by atoms with Crippen molar-refractivity contribution in [3.05, 3.63) is 11.4 Å². The first-order chi connectivity index (χ1) is 6.88. The van der Waals surface area contributed by atoms with Gasteiger partial charge in [0.05, 0.1) is 11.6 Å². The molecule has 1 heterocycles. The van der Waals surface area contributed by atoms with Gasteiger partial charge in [-0.3, -0.25) is 0 Å². The van der Waals surface area contributed by atoms with E-state index >= 15 is 0 Å². The van der Waals surface area contributed by atoms with Crippen LogP contribution in [0.15, 0.2) is 0 Å². The van der Waals surface area contributed by atoms with E-state index in [0.717, 1.165) is 18.2 Å². The summed E-state index contributed by atoms with van der Waals surface area (Å²) in [5.74, 6) is 2.08. The van der Waals surface area contributed by atoms with Crippen LogP contribution < -0.4 is 0 Å². The lowest BCUT2D eigenvalue weighted by Crippen LogP contribution is -2.06. The van der Waals surface area contributed by atoms with Crippen LogP contribution in [0.25, 0.3) is 0 Å². The van der Waals surface area contributed by atoms with E-state index in [1.165, 1.54) is 31.4 Å². The number of rotatable bonds is 4. The van der Waals surface area contributed by atoms with Gasteiger partial charge in [0.2, 0.25) is 0 Å². The van der Waals surface area contributed by atoms with Crippen LogP contribution in [-0.2, 0) is 12.4 Å². The summed E-state index contributed by atoms with van der Waals surface area (Å²) in [5, 5.41) is 8.37. The van der Waals surface area contributed by atoms with Crippen molar-refractivity contribution in [1.29, 1.82) is 0 Å². The second kappa shape index (κ2) is 3.23. The van der Waals surface area contributed by atoms with Crippen molar-refractivity contribution < 1.29 is 0 Å². The Morgan fingerprint density at radius 2 is 2.07 bits per heavy atom. The van der Waals surface area contributed by atoms with Crippen LogP contribution in [0, 0.1) is 5.92 Å². The average Bonchev–Trinajstić information content (AvgIpc) is 3.07. The zero-order valence-electron chi connectivity index (χ0n) is 8.12. The van der Waals surface area contributed by atoms with Gasteiger partial charge in [0.15, 0.2) is 0 Å². The molecule has 0 unspecified atom stereocenters. The molecule has 0 atom stereocenters. The Bertz CT molecular complexity index is 339. The van der Waals surface area contributed by atoms with Crippen LogP contribution in [0.1, 0.15) is 43.0 Å². The Morgan fingerprint density at radius 3 is 2.64 bits per heavy atom. The zero-order valence-corrected chi connectivity index (χ0v) is 8.87. The molecule has 0 saturated heterocycles. The number of nitrogens with zero attached hydrogens (tertiary/aromatic N) is 3. The molecule has 2 fully saturated rings. The van der Waals surface area contributed by atoms with Crippen molar-refractivity contribution >= 4 is 11.6 Å². The Morgan fingerprint density at radius 1 is 1.29 bits per heavy atom. The van der Waals surface area contributed by atoms with Gasteiger partial charge in [-0.2, -0.15) is 0 Å².